The summed E-state index contributed by atoms with van der Waals surface area (Å²) in [6.45, 7) is 15.1. The molecule has 59 heavy (non-hydrogen) atoms. The number of thiophene rings is 1. The SMILES string of the molecule is CC(C)(C)c1ccc(-n2c(-c3[c-]cc(C#N)c4c3sc3ccccc34)nc3c4ccccc4ccc32)cc1.[2H]C([2H])([2H])c1c[c-]c(-c2cc(C([2H])(C)C)c([Si](C)(C)C)cn2)cc1.[Ir]. The first kappa shape index (κ1) is 36.8. The van der Waals surface area contributed by atoms with E-state index in [2.05, 4.69) is 141 Å². The van der Waals surface area contributed by atoms with E-state index in [-0.39, 0.29) is 31.1 Å². The van der Waals surface area contributed by atoms with Crippen LogP contribution in [-0.4, -0.2) is 22.6 Å². The van der Waals surface area contributed by atoms with Crippen LogP contribution in [0.4, 0.5) is 0 Å². The molecule has 0 unspecified atom stereocenters. The van der Waals surface area contributed by atoms with Gasteiger partial charge in [-0.3, -0.25) is 4.98 Å². The van der Waals surface area contributed by atoms with Crippen molar-refractivity contribution in [2.45, 2.75) is 72.4 Å². The monoisotopic (exact) mass is 985 g/mol. The van der Waals surface area contributed by atoms with Crippen molar-refractivity contribution < 1.29 is 25.6 Å². The largest absolute Gasteiger partial charge is 0.333 e. The molecule has 0 bridgehead atoms. The van der Waals surface area contributed by atoms with Crippen molar-refractivity contribution in [2.75, 3.05) is 0 Å². The number of aromatic nitrogens is 3. The van der Waals surface area contributed by atoms with E-state index in [0.29, 0.717) is 5.56 Å². The van der Waals surface area contributed by atoms with Gasteiger partial charge in [0.25, 0.3) is 0 Å². The molecule has 0 N–H and O–H groups in total. The molecule has 0 saturated heterocycles. The fourth-order valence-corrected chi connectivity index (χ4v) is 10.4. The summed E-state index contributed by atoms with van der Waals surface area (Å²) in [5, 5.41) is 15.5. The van der Waals surface area contributed by atoms with E-state index in [1.807, 2.05) is 44.3 Å². The Morgan fingerprint density at radius 2 is 1.61 bits per heavy atom. The molecule has 4 nitrogen and oxygen atoms in total. The van der Waals surface area contributed by atoms with Gasteiger partial charge in [0, 0.05) is 53.6 Å². The van der Waals surface area contributed by atoms with E-state index < -0.39 is 20.8 Å². The molecule has 6 aromatic carbocycles. The third-order valence-electron chi connectivity index (χ3n) is 10.7. The summed E-state index contributed by atoms with van der Waals surface area (Å²) >= 11 is 1.70. The van der Waals surface area contributed by atoms with Gasteiger partial charge < -0.3 is 9.55 Å². The summed E-state index contributed by atoms with van der Waals surface area (Å²) in [5.74, 6) is 0.118. The van der Waals surface area contributed by atoms with E-state index in [1.165, 1.54) is 16.8 Å². The Labute approximate surface area is 372 Å². The summed E-state index contributed by atoms with van der Waals surface area (Å²) in [6, 6.07) is 47.3. The number of aryl methyl sites for hydroxylation is 1. The van der Waals surface area contributed by atoms with Crippen molar-refractivity contribution in [3.05, 3.63) is 156 Å². The molecule has 0 fully saturated rings. The van der Waals surface area contributed by atoms with Crippen LogP contribution in [-0.2, 0) is 25.5 Å². The molecular weight excluding hydrogens is 933 g/mol. The molecule has 9 aromatic rings. The number of nitriles is 1. The van der Waals surface area contributed by atoms with Crippen LogP contribution in [0.3, 0.4) is 0 Å². The second kappa shape index (κ2) is 16.4. The van der Waals surface area contributed by atoms with E-state index in [1.54, 1.807) is 23.5 Å². The summed E-state index contributed by atoms with van der Waals surface area (Å²) in [5.41, 5.74) is 8.71. The van der Waals surface area contributed by atoms with Gasteiger partial charge in [0.2, 0.25) is 0 Å². The van der Waals surface area contributed by atoms with Gasteiger partial charge in [-0.25, -0.2) is 5.26 Å². The number of benzene rings is 6. The van der Waals surface area contributed by atoms with Crippen LogP contribution >= 0.6 is 11.3 Å². The maximum Gasteiger partial charge on any atom is 0.0852 e. The first-order chi connectivity index (χ1) is 29.2. The average molecular weight is 985 g/mol. The van der Waals surface area contributed by atoms with E-state index in [0.717, 1.165) is 75.9 Å². The zero-order valence-electron chi connectivity index (χ0n) is 38.6. The quantitative estimate of drug-likeness (QED) is 0.128. The molecule has 0 aliphatic rings. The minimum absolute atomic E-state index is 0. The zero-order chi connectivity index (χ0) is 44.4. The molecule has 9 rings (SSSR count). The predicted octanol–water partition coefficient (Wildman–Crippen LogP) is 13.7. The van der Waals surface area contributed by atoms with Gasteiger partial charge in [0.05, 0.1) is 24.9 Å². The maximum absolute atomic E-state index is 9.95. The fourth-order valence-electron chi connectivity index (χ4n) is 7.57. The summed E-state index contributed by atoms with van der Waals surface area (Å²) in [6.07, 6.45) is 1.89. The van der Waals surface area contributed by atoms with Crippen LogP contribution in [0.15, 0.2) is 121 Å². The number of hydrogen-bond donors (Lipinski definition) is 0. The number of hydrogen-bond acceptors (Lipinski definition) is 4. The number of rotatable bonds is 5. The minimum Gasteiger partial charge on any atom is -0.333 e. The van der Waals surface area contributed by atoms with Gasteiger partial charge in [0.15, 0.2) is 0 Å². The topological polar surface area (TPSA) is 54.5 Å². The smallest absolute Gasteiger partial charge is 0.0852 e. The second-order valence-electron chi connectivity index (χ2n) is 17.1. The van der Waals surface area contributed by atoms with Crippen molar-refractivity contribution in [1.29, 1.82) is 5.26 Å². The molecule has 0 spiro atoms. The van der Waals surface area contributed by atoms with Crippen LogP contribution in [0.5, 0.6) is 0 Å². The number of fused-ring (bicyclic) bond motifs is 6. The van der Waals surface area contributed by atoms with E-state index >= 15 is 0 Å². The van der Waals surface area contributed by atoms with Crippen molar-refractivity contribution in [1.82, 2.24) is 14.5 Å². The summed E-state index contributed by atoms with van der Waals surface area (Å²) in [7, 11) is -1.61. The standard InChI is InChI=1S/C34H24N3S.C18H24NSi.Ir/c1-34(2,3)23-14-16-24(17-15-23)37-28-19-13-21-8-4-5-9-25(21)31(28)36-33(37)27-18-12-22(20-35)30-26-10-6-7-11-29(26)38-32(27)30;1-13(2)16-11-17(15-9-7-14(3)8-10-15)19-12-18(16)20(4,5)6;/h4-17,19H,1-3H3;7-9,11-13H,1-6H3;/q2*-1;/i;3D3,13D;. The van der Waals surface area contributed by atoms with Crippen LogP contribution in [0.25, 0.3) is 70.3 Å². The van der Waals surface area contributed by atoms with Crippen LogP contribution < -0.4 is 5.19 Å². The first-order valence-corrected chi connectivity index (χ1v) is 23.9. The van der Waals surface area contributed by atoms with Crippen molar-refractivity contribution in [3.63, 3.8) is 0 Å². The molecule has 1 radical (unpaired) electrons. The summed E-state index contributed by atoms with van der Waals surface area (Å²) in [4.78, 5) is 9.85. The maximum atomic E-state index is 9.95. The fraction of sp³-hybridized carbons (Fsp3) is 0.212. The van der Waals surface area contributed by atoms with Gasteiger partial charge in [-0.15, -0.1) is 47.5 Å². The summed E-state index contributed by atoms with van der Waals surface area (Å²) < 4.78 is 35.2. The van der Waals surface area contributed by atoms with Gasteiger partial charge >= 0.3 is 0 Å². The Hall–Kier alpha value is -5.22. The third-order valence-corrected chi connectivity index (χ3v) is 13.9. The Kier molecular flexibility index (Phi) is 10.3. The Morgan fingerprint density at radius 3 is 2.27 bits per heavy atom. The predicted molar refractivity (Wildman–Crippen MR) is 249 cm³/mol. The second-order valence-corrected chi connectivity index (χ2v) is 23.2. The molecule has 297 valence electrons. The molecule has 0 aliphatic heterocycles. The van der Waals surface area contributed by atoms with Gasteiger partial charge in [-0.1, -0.05) is 144 Å². The Balaban J connectivity index is 0.000000207. The van der Waals surface area contributed by atoms with Crippen molar-refractivity contribution >= 4 is 66.6 Å². The molecule has 7 heteroatoms. The van der Waals surface area contributed by atoms with E-state index in [9.17, 15) is 5.26 Å². The van der Waals surface area contributed by atoms with Gasteiger partial charge in [-0.2, -0.15) is 11.3 Å². The third kappa shape index (κ3) is 8.08. The molecule has 0 amide bonds. The van der Waals surface area contributed by atoms with Crippen LogP contribution in [0.1, 0.15) is 68.2 Å². The Bertz CT molecular complexity index is 3180. The number of pyridine rings is 1. The van der Waals surface area contributed by atoms with Gasteiger partial charge in [-0.05, 0) is 73.1 Å². The van der Waals surface area contributed by atoms with Crippen molar-refractivity contribution in [3.8, 4) is 34.4 Å². The molecule has 0 aliphatic carbocycles. The number of imidazole rings is 1. The molecule has 3 aromatic heterocycles. The van der Waals surface area contributed by atoms with Gasteiger partial charge in [0.1, 0.15) is 0 Å². The normalized spacial score (nSPS) is 13.2. The van der Waals surface area contributed by atoms with Crippen molar-refractivity contribution in [2.24, 2.45) is 0 Å². The molecule has 3 heterocycles. The van der Waals surface area contributed by atoms with E-state index in [4.69, 9.17) is 10.5 Å². The Morgan fingerprint density at radius 1 is 0.881 bits per heavy atom. The van der Waals surface area contributed by atoms with Crippen LogP contribution in [0.2, 0.25) is 19.6 Å². The minimum atomic E-state index is -2.13. The number of nitrogens with zero attached hydrogens (tertiary/aromatic N) is 4. The molecule has 0 atom stereocenters. The molecular formula is C52H48IrN4SSi-2. The molecule has 0 saturated carbocycles. The average Bonchev–Trinajstić information content (AvgIpc) is 3.82. The first-order valence-electron chi connectivity index (χ1n) is 21.5. The van der Waals surface area contributed by atoms with Crippen LogP contribution in [0, 0.1) is 30.3 Å². The zero-order valence-corrected chi connectivity index (χ0v) is 38.8.